The van der Waals surface area contributed by atoms with Gasteiger partial charge in [-0.05, 0) is 24.8 Å². The number of hydrogen-bond donors (Lipinski definition) is 0. The second-order valence-electron chi connectivity index (χ2n) is 3.32. The van der Waals surface area contributed by atoms with Crippen LogP contribution in [0.15, 0.2) is 12.2 Å². The molecule has 0 fully saturated rings. The summed E-state index contributed by atoms with van der Waals surface area (Å²) in [6, 6.07) is 0. The summed E-state index contributed by atoms with van der Waals surface area (Å²) in [5, 5.41) is 0. The first-order valence-corrected chi connectivity index (χ1v) is 4.68. The zero-order chi connectivity index (χ0) is 9.40. The van der Waals surface area contributed by atoms with E-state index in [4.69, 9.17) is 0 Å². The highest BCUT2D eigenvalue weighted by Gasteiger charge is 1.99. The maximum Gasteiger partial charge on any atom is 0.266 e. The van der Waals surface area contributed by atoms with Crippen LogP contribution in [0.25, 0.3) is 0 Å². The van der Waals surface area contributed by atoms with Crippen LogP contribution in [0.1, 0.15) is 46.0 Å². The van der Waals surface area contributed by atoms with Gasteiger partial charge in [-0.2, -0.15) is 8.78 Å². The molecule has 1 atom stereocenters. The Morgan fingerprint density at radius 2 is 2.00 bits per heavy atom. The van der Waals surface area contributed by atoms with E-state index in [1.807, 2.05) is 0 Å². The number of hydrogen-bond acceptors (Lipinski definition) is 0. The van der Waals surface area contributed by atoms with Crippen LogP contribution in [0.3, 0.4) is 0 Å². The molecule has 0 spiro atoms. The van der Waals surface area contributed by atoms with E-state index in [2.05, 4.69) is 13.8 Å². The molecule has 12 heavy (non-hydrogen) atoms. The summed E-state index contributed by atoms with van der Waals surface area (Å²) in [7, 11) is 0. The second-order valence-corrected chi connectivity index (χ2v) is 3.32. The summed E-state index contributed by atoms with van der Waals surface area (Å²) in [6.07, 6.45) is 4.35. The Balaban J connectivity index is 3.25. The fourth-order valence-corrected chi connectivity index (χ4v) is 1.31. The van der Waals surface area contributed by atoms with E-state index in [0.717, 1.165) is 18.9 Å². The Bertz CT molecular complexity index is 126. The summed E-state index contributed by atoms with van der Waals surface area (Å²) in [4.78, 5) is 0. The van der Waals surface area contributed by atoms with Crippen LogP contribution in [0.2, 0.25) is 0 Å². The van der Waals surface area contributed by atoms with Crippen LogP contribution in [0, 0.1) is 5.92 Å². The first kappa shape index (κ1) is 11.6. The Labute approximate surface area is 73.7 Å². The lowest BCUT2D eigenvalue weighted by molar-refractivity contribution is 0.413. The predicted molar refractivity (Wildman–Crippen MR) is 48.2 cm³/mol. The SMILES string of the molecule is CCCC(C)CCCC=C(F)F. The van der Waals surface area contributed by atoms with Crippen molar-refractivity contribution in [2.45, 2.75) is 46.0 Å². The lowest BCUT2D eigenvalue weighted by Gasteiger charge is -2.07. The van der Waals surface area contributed by atoms with Crippen molar-refractivity contribution in [1.29, 1.82) is 0 Å². The van der Waals surface area contributed by atoms with E-state index < -0.39 is 6.08 Å². The molecule has 0 radical (unpaired) electrons. The van der Waals surface area contributed by atoms with Gasteiger partial charge in [0.25, 0.3) is 6.08 Å². The van der Waals surface area contributed by atoms with Gasteiger partial charge in [-0.3, -0.25) is 0 Å². The van der Waals surface area contributed by atoms with E-state index in [0.29, 0.717) is 12.3 Å². The van der Waals surface area contributed by atoms with Gasteiger partial charge in [-0.1, -0.05) is 33.1 Å². The van der Waals surface area contributed by atoms with Crippen molar-refractivity contribution in [3.05, 3.63) is 12.2 Å². The van der Waals surface area contributed by atoms with Crippen LogP contribution >= 0.6 is 0 Å². The molecule has 0 bridgehead atoms. The molecule has 1 unspecified atom stereocenters. The Kier molecular flexibility index (Phi) is 7.02. The quantitative estimate of drug-likeness (QED) is 0.527. The molecule has 0 aromatic heterocycles. The predicted octanol–water partition coefficient (Wildman–Crippen LogP) is 4.37. The summed E-state index contributed by atoms with van der Waals surface area (Å²) in [5.41, 5.74) is 0. The molecule has 0 nitrogen and oxygen atoms in total. The van der Waals surface area contributed by atoms with Crippen molar-refractivity contribution in [2.24, 2.45) is 5.92 Å². The number of halogens is 2. The molecule has 2 heteroatoms. The lowest BCUT2D eigenvalue weighted by Crippen LogP contribution is -1.92. The summed E-state index contributed by atoms with van der Waals surface area (Å²) < 4.78 is 23.1. The van der Waals surface area contributed by atoms with E-state index >= 15 is 0 Å². The third-order valence-electron chi connectivity index (χ3n) is 1.98. The van der Waals surface area contributed by atoms with Gasteiger partial charge in [-0.25, -0.2) is 0 Å². The van der Waals surface area contributed by atoms with Crippen molar-refractivity contribution >= 4 is 0 Å². The fourth-order valence-electron chi connectivity index (χ4n) is 1.31. The maximum atomic E-state index is 11.6. The van der Waals surface area contributed by atoms with E-state index in [1.165, 1.54) is 12.8 Å². The smallest absolute Gasteiger partial charge is 0.174 e. The van der Waals surface area contributed by atoms with Crippen LogP contribution in [-0.2, 0) is 0 Å². The molecule has 0 amide bonds. The van der Waals surface area contributed by atoms with Gasteiger partial charge >= 0.3 is 0 Å². The largest absolute Gasteiger partial charge is 0.266 e. The van der Waals surface area contributed by atoms with Crippen molar-refractivity contribution in [2.75, 3.05) is 0 Å². The standard InChI is InChI=1S/C10H18F2/c1-3-6-9(2)7-4-5-8-10(11)12/h8-9H,3-7H2,1-2H3. The van der Waals surface area contributed by atoms with E-state index in [-0.39, 0.29) is 0 Å². The average molecular weight is 176 g/mol. The molecule has 72 valence electrons. The van der Waals surface area contributed by atoms with Gasteiger partial charge in [0.2, 0.25) is 0 Å². The first-order chi connectivity index (χ1) is 5.66. The van der Waals surface area contributed by atoms with Gasteiger partial charge in [0.1, 0.15) is 0 Å². The zero-order valence-electron chi connectivity index (χ0n) is 7.95. The van der Waals surface area contributed by atoms with Crippen LogP contribution in [-0.4, -0.2) is 0 Å². The Morgan fingerprint density at radius 3 is 2.50 bits per heavy atom. The number of rotatable bonds is 6. The van der Waals surface area contributed by atoms with Gasteiger partial charge in [-0.15, -0.1) is 0 Å². The molecular weight excluding hydrogens is 158 g/mol. The topological polar surface area (TPSA) is 0 Å². The van der Waals surface area contributed by atoms with E-state index in [1.54, 1.807) is 0 Å². The number of unbranched alkanes of at least 4 members (excludes halogenated alkanes) is 1. The Hall–Kier alpha value is -0.400. The van der Waals surface area contributed by atoms with Gasteiger partial charge < -0.3 is 0 Å². The molecule has 0 rings (SSSR count). The van der Waals surface area contributed by atoms with Crippen molar-refractivity contribution < 1.29 is 8.78 Å². The van der Waals surface area contributed by atoms with Crippen LogP contribution in [0.4, 0.5) is 8.78 Å². The fraction of sp³-hybridized carbons (Fsp3) is 0.800. The van der Waals surface area contributed by atoms with Gasteiger partial charge in [0, 0.05) is 0 Å². The van der Waals surface area contributed by atoms with Crippen molar-refractivity contribution in [1.82, 2.24) is 0 Å². The van der Waals surface area contributed by atoms with Crippen molar-refractivity contribution in [3.63, 3.8) is 0 Å². The first-order valence-electron chi connectivity index (χ1n) is 4.68. The molecule has 0 aromatic carbocycles. The molecule has 0 saturated heterocycles. The molecule has 0 saturated carbocycles. The van der Waals surface area contributed by atoms with E-state index in [9.17, 15) is 8.78 Å². The minimum atomic E-state index is -1.54. The second kappa shape index (κ2) is 7.26. The molecule has 0 aliphatic heterocycles. The molecule has 0 aromatic rings. The van der Waals surface area contributed by atoms with Crippen LogP contribution in [0.5, 0.6) is 0 Å². The zero-order valence-corrected chi connectivity index (χ0v) is 7.95. The maximum absolute atomic E-state index is 11.6. The molecule has 0 N–H and O–H groups in total. The summed E-state index contributed by atoms with van der Waals surface area (Å²) >= 11 is 0. The average Bonchev–Trinajstić information content (AvgIpc) is 1.98. The molecule has 0 heterocycles. The monoisotopic (exact) mass is 176 g/mol. The van der Waals surface area contributed by atoms with Gasteiger partial charge in [0.15, 0.2) is 0 Å². The highest BCUT2D eigenvalue weighted by atomic mass is 19.3. The third-order valence-corrected chi connectivity index (χ3v) is 1.98. The summed E-state index contributed by atoms with van der Waals surface area (Å²) in [5.74, 6) is 0.686. The molecular formula is C10H18F2. The minimum Gasteiger partial charge on any atom is -0.174 e. The van der Waals surface area contributed by atoms with Crippen molar-refractivity contribution in [3.8, 4) is 0 Å². The highest BCUT2D eigenvalue weighted by molar-refractivity contribution is 4.79. The van der Waals surface area contributed by atoms with Crippen LogP contribution < -0.4 is 0 Å². The molecule has 0 aliphatic rings. The van der Waals surface area contributed by atoms with Gasteiger partial charge in [0.05, 0.1) is 0 Å². The minimum absolute atomic E-state index is 0.524. The summed E-state index contributed by atoms with van der Waals surface area (Å²) in [6.45, 7) is 4.33. The Morgan fingerprint density at radius 1 is 1.33 bits per heavy atom. The lowest BCUT2D eigenvalue weighted by atomic mass is 9.99. The highest BCUT2D eigenvalue weighted by Crippen LogP contribution is 2.14. The molecule has 0 aliphatic carbocycles. The normalized spacial score (nSPS) is 12.7. The number of allylic oxidation sites excluding steroid dienone is 1. The third kappa shape index (κ3) is 7.70.